The fourth-order valence-electron chi connectivity index (χ4n) is 0.851. The molecule has 0 bridgehead atoms. The first-order valence-electron chi connectivity index (χ1n) is 3.22. The molecule has 74 valence electrons. The van der Waals surface area contributed by atoms with Gasteiger partial charge in [0.25, 0.3) is 0 Å². The van der Waals surface area contributed by atoms with Crippen LogP contribution in [0.15, 0.2) is 12.1 Å². The van der Waals surface area contributed by atoms with Crippen molar-refractivity contribution >= 4 is 23.0 Å². The molecule has 0 aromatic heterocycles. The molecule has 0 amide bonds. The fourth-order valence-corrected chi connectivity index (χ4v) is 1.00. The SMILES string of the molecule is O=[N+]([O-])c1ccc(Cl)c(F)c1[N+](=O)[O-]. The predicted molar refractivity (Wildman–Crippen MR) is 44.7 cm³/mol. The van der Waals surface area contributed by atoms with Crippen LogP contribution in [-0.2, 0) is 0 Å². The van der Waals surface area contributed by atoms with Crippen LogP contribution in [0.2, 0.25) is 5.02 Å². The van der Waals surface area contributed by atoms with Gasteiger partial charge in [0.15, 0.2) is 0 Å². The van der Waals surface area contributed by atoms with Crippen LogP contribution >= 0.6 is 11.6 Å². The van der Waals surface area contributed by atoms with Crippen molar-refractivity contribution in [2.75, 3.05) is 0 Å². The number of nitro benzene ring substituents is 2. The number of hydrogen-bond acceptors (Lipinski definition) is 4. The van der Waals surface area contributed by atoms with Crippen LogP contribution in [0.4, 0.5) is 15.8 Å². The van der Waals surface area contributed by atoms with E-state index in [-0.39, 0.29) is 0 Å². The van der Waals surface area contributed by atoms with Crippen LogP contribution < -0.4 is 0 Å². The summed E-state index contributed by atoms with van der Waals surface area (Å²) in [6, 6.07) is 1.67. The highest BCUT2D eigenvalue weighted by atomic mass is 35.5. The number of halogens is 2. The summed E-state index contributed by atoms with van der Waals surface area (Å²) in [6.45, 7) is 0. The molecule has 0 N–H and O–H groups in total. The first-order chi connectivity index (χ1) is 6.45. The number of rotatable bonds is 2. The van der Waals surface area contributed by atoms with Crippen molar-refractivity contribution in [3.63, 3.8) is 0 Å². The molecule has 14 heavy (non-hydrogen) atoms. The van der Waals surface area contributed by atoms with E-state index in [9.17, 15) is 24.6 Å². The lowest BCUT2D eigenvalue weighted by Gasteiger charge is -1.97. The van der Waals surface area contributed by atoms with E-state index in [0.29, 0.717) is 0 Å². The first kappa shape index (κ1) is 10.3. The second kappa shape index (κ2) is 3.54. The molecular formula is C6H2ClFN2O4. The molecule has 0 aliphatic carbocycles. The van der Waals surface area contributed by atoms with E-state index < -0.39 is 32.1 Å². The number of nitrogens with zero attached hydrogens (tertiary/aromatic N) is 2. The Labute approximate surface area is 81.2 Å². The minimum atomic E-state index is -1.40. The molecule has 0 radical (unpaired) electrons. The first-order valence-corrected chi connectivity index (χ1v) is 3.59. The van der Waals surface area contributed by atoms with Crippen molar-refractivity contribution in [3.8, 4) is 0 Å². The van der Waals surface area contributed by atoms with Crippen molar-refractivity contribution in [2.24, 2.45) is 0 Å². The van der Waals surface area contributed by atoms with E-state index in [1.807, 2.05) is 0 Å². The summed E-state index contributed by atoms with van der Waals surface area (Å²) in [5.74, 6) is -1.40. The Balaban J connectivity index is 3.53. The second-order valence-electron chi connectivity index (χ2n) is 2.24. The minimum absolute atomic E-state index is 0.526. The van der Waals surface area contributed by atoms with Gasteiger partial charge in [-0.3, -0.25) is 20.2 Å². The van der Waals surface area contributed by atoms with Crippen LogP contribution in [0.5, 0.6) is 0 Å². The van der Waals surface area contributed by atoms with E-state index in [1.165, 1.54) is 0 Å². The molecule has 1 aromatic rings. The van der Waals surface area contributed by atoms with Crippen LogP contribution in [0, 0.1) is 26.0 Å². The number of benzene rings is 1. The summed E-state index contributed by atoms with van der Waals surface area (Å²) in [5, 5.41) is 20.1. The van der Waals surface area contributed by atoms with Gasteiger partial charge in [-0.25, -0.2) is 0 Å². The van der Waals surface area contributed by atoms with Crippen molar-refractivity contribution in [2.45, 2.75) is 0 Å². The van der Waals surface area contributed by atoms with E-state index in [1.54, 1.807) is 0 Å². The summed E-state index contributed by atoms with van der Waals surface area (Å²) in [4.78, 5) is 18.4. The maximum Gasteiger partial charge on any atom is 0.382 e. The van der Waals surface area contributed by atoms with Gasteiger partial charge in [-0.05, 0) is 6.07 Å². The summed E-state index contributed by atoms with van der Waals surface area (Å²) >= 11 is 5.23. The Hall–Kier alpha value is -1.76. The lowest BCUT2D eigenvalue weighted by molar-refractivity contribution is -0.424. The van der Waals surface area contributed by atoms with Crippen molar-refractivity contribution in [3.05, 3.63) is 43.2 Å². The van der Waals surface area contributed by atoms with Gasteiger partial charge in [0, 0.05) is 6.07 Å². The zero-order valence-corrected chi connectivity index (χ0v) is 7.19. The van der Waals surface area contributed by atoms with Gasteiger partial charge in [-0.2, -0.15) is 4.39 Å². The molecule has 0 heterocycles. The Kier molecular flexibility index (Phi) is 2.61. The van der Waals surface area contributed by atoms with Crippen molar-refractivity contribution in [1.29, 1.82) is 0 Å². The largest absolute Gasteiger partial charge is 0.382 e. The standard InChI is InChI=1S/C6H2ClFN2O4/c7-3-1-2-4(9(11)12)6(5(3)8)10(13)14/h1-2H. The Morgan fingerprint density at radius 2 is 1.79 bits per heavy atom. The van der Waals surface area contributed by atoms with Gasteiger partial charge in [0.1, 0.15) is 0 Å². The van der Waals surface area contributed by atoms with E-state index in [2.05, 4.69) is 0 Å². The average molecular weight is 221 g/mol. The molecule has 0 atom stereocenters. The Bertz CT molecular complexity index is 423. The lowest BCUT2D eigenvalue weighted by Crippen LogP contribution is -1.99. The minimum Gasteiger partial charge on any atom is -0.258 e. The molecule has 0 saturated carbocycles. The molecular weight excluding hydrogens is 219 g/mol. The van der Waals surface area contributed by atoms with Crippen molar-refractivity contribution < 1.29 is 14.2 Å². The number of nitro groups is 2. The molecule has 1 aromatic carbocycles. The van der Waals surface area contributed by atoms with Crippen LogP contribution in [0.3, 0.4) is 0 Å². The predicted octanol–water partition coefficient (Wildman–Crippen LogP) is 2.30. The summed E-state index contributed by atoms with van der Waals surface area (Å²) < 4.78 is 13.0. The van der Waals surface area contributed by atoms with E-state index >= 15 is 0 Å². The topological polar surface area (TPSA) is 86.3 Å². The normalized spacial score (nSPS) is 9.86. The summed E-state index contributed by atoms with van der Waals surface area (Å²) in [7, 11) is 0. The quantitative estimate of drug-likeness (QED) is 0.565. The van der Waals surface area contributed by atoms with E-state index in [0.717, 1.165) is 12.1 Å². The molecule has 0 unspecified atom stereocenters. The van der Waals surface area contributed by atoms with Crippen LogP contribution in [-0.4, -0.2) is 9.85 Å². The lowest BCUT2D eigenvalue weighted by atomic mass is 10.2. The monoisotopic (exact) mass is 220 g/mol. The van der Waals surface area contributed by atoms with E-state index in [4.69, 9.17) is 11.6 Å². The third kappa shape index (κ3) is 1.62. The summed E-state index contributed by atoms with van der Waals surface area (Å²) in [5.41, 5.74) is -2.14. The molecule has 0 saturated heterocycles. The molecule has 0 fully saturated rings. The molecule has 1 rings (SSSR count). The van der Waals surface area contributed by atoms with Gasteiger partial charge in [-0.1, -0.05) is 11.6 Å². The van der Waals surface area contributed by atoms with Gasteiger partial charge in [0.2, 0.25) is 5.82 Å². The molecule has 0 aliphatic rings. The number of hydrogen-bond donors (Lipinski definition) is 0. The Morgan fingerprint density at radius 3 is 2.21 bits per heavy atom. The van der Waals surface area contributed by atoms with Gasteiger partial charge in [-0.15, -0.1) is 0 Å². The molecule has 8 heteroatoms. The highest BCUT2D eigenvalue weighted by molar-refractivity contribution is 6.31. The maximum atomic E-state index is 13.0. The van der Waals surface area contributed by atoms with Crippen LogP contribution in [0.25, 0.3) is 0 Å². The fraction of sp³-hybridized carbons (Fsp3) is 0. The third-order valence-electron chi connectivity index (χ3n) is 1.43. The van der Waals surface area contributed by atoms with Gasteiger partial charge >= 0.3 is 11.4 Å². The molecule has 0 spiro atoms. The maximum absolute atomic E-state index is 13.0. The third-order valence-corrected chi connectivity index (χ3v) is 1.72. The highest BCUT2D eigenvalue weighted by Crippen LogP contribution is 2.33. The van der Waals surface area contributed by atoms with Crippen molar-refractivity contribution in [1.82, 2.24) is 0 Å². The smallest absolute Gasteiger partial charge is 0.258 e. The van der Waals surface area contributed by atoms with Gasteiger partial charge < -0.3 is 0 Å². The zero-order valence-electron chi connectivity index (χ0n) is 6.44. The highest BCUT2D eigenvalue weighted by Gasteiger charge is 2.30. The molecule has 6 nitrogen and oxygen atoms in total. The van der Waals surface area contributed by atoms with Gasteiger partial charge in [0.05, 0.1) is 14.9 Å². The average Bonchev–Trinajstić information content (AvgIpc) is 2.08. The Morgan fingerprint density at radius 1 is 1.21 bits per heavy atom. The molecule has 0 aliphatic heterocycles. The zero-order chi connectivity index (χ0) is 10.9. The van der Waals surface area contributed by atoms with Crippen LogP contribution in [0.1, 0.15) is 0 Å². The summed E-state index contributed by atoms with van der Waals surface area (Å²) in [6.07, 6.45) is 0. The second-order valence-corrected chi connectivity index (χ2v) is 2.65.